The molecule has 6 heteroatoms. The first-order valence-electron chi connectivity index (χ1n) is 6.03. The average Bonchev–Trinajstić information content (AvgIpc) is 2.44. The minimum atomic E-state index is -0.786. The van der Waals surface area contributed by atoms with Crippen molar-refractivity contribution in [2.24, 2.45) is 0 Å². The van der Waals surface area contributed by atoms with Crippen LogP contribution >= 0.6 is 0 Å². The highest BCUT2D eigenvalue weighted by Gasteiger charge is 2.15. The number of nitrogens with one attached hydrogen (secondary N) is 2. The van der Waals surface area contributed by atoms with Crippen LogP contribution in [0.4, 0.5) is 11.6 Å². The zero-order valence-electron chi connectivity index (χ0n) is 11.2. The molecule has 0 saturated heterocycles. The Kier molecular flexibility index (Phi) is 4.05. The van der Waals surface area contributed by atoms with Crippen molar-refractivity contribution in [3.8, 4) is 0 Å². The van der Waals surface area contributed by atoms with Gasteiger partial charge in [0.1, 0.15) is 11.6 Å². The summed E-state index contributed by atoms with van der Waals surface area (Å²) in [5.74, 6) is -0.876. The second kappa shape index (κ2) is 5.92. The summed E-state index contributed by atoms with van der Waals surface area (Å²) in [7, 11) is 0. The second-order valence-corrected chi connectivity index (χ2v) is 4.30. The summed E-state index contributed by atoms with van der Waals surface area (Å²) < 4.78 is 0. The third kappa shape index (κ3) is 3.38. The van der Waals surface area contributed by atoms with Gasteiger partial charge in [0, 0.05) is 12.4 Å². The fourth-order valence-corrected chi connectivity index (χ4v) is 1.50. The van der Waals surface area contributed by atoms with Crippen molar-refractivity contribution in [2.75, 3.05) is 10.6 Å². The zero-order valence-corrected chi connectivity index (χ0v) is 11.2. The first kappa shape index (κ1) is 13.7. The molecule has 2 aromatic rings. The van der Waals surface area contributed by atoms with Crippen LogP contribution in [-0.2, 0) is 9.59 Å². The normalized spacial score (nSPS) is 9.90. The van der Waals surface area contributed by atoms with Gasteiger partial charge in [0.15, 0.2) is 0 Å². The molecule has 20 heavy (non-hydrogen) atoms. The van der Waals surface area contributed by atoms with Crippen LogP contribution in [0.5, 0.6) is 0 Å². The number of carbonyl (C=O) groups excluding carboxylic acids is 2. The van der Waals surface area contributed by atoms with Crippen molar-refractivity contribution in [1.82, 2.24) is 9.97 Å². The van der Waals surface area contributed by atoms with Crippen LogP contribution < -0.4 is 10.6 Å². The van der Waals surface area contributed by atoms with Crippen LogP contribution in [0.25, 0.3) is 0 Å². The van der Waals surface area contributed by atoms with E-state index in [9.17, 15) is 9.59 Å². The molecule has 0 aliphatic carbocycles. The van der Waals surface area contributed by atoms with Crippen LogP contribution in [0.3, 0.4) is 0 Å². The molecule has 0 aliphatic heterocycles. The fraction of sp³-hybridized carbons (Fsp3) is 0.143. The average molecular weight is 270 g/mol. The number of hydrogen-bond donors (Lipinski definition) is 2. The molecule has 0 atom stereocenters. The Hall–Kier alpha value is -2.76. The number of pyridine rings is 2. The monoisotopic (exact) mass is 270 g/mol. The Bertz CT molecular complexity index is 638. The summed E-state index contributed by atoms with van der Waals surface area (Å²) in [4.78, 5) is 31.5. The highest BCUT2D eigenvalue weighted by molar-refractivity contribution is 6.43. The molecule has 2 aromatic heterocycles. The summed E-state index contributed by atoms with van der Waals surface area (Å²) in [6, 6.07) is 6.97. The number of anilines is 2. The summed E-state index contributed by atoms with van der Waals surface area (Å²) in [5.41, 5.74) is 1.75. The van der Waals surface area contributed by atoms with E-state index in [4.69, 9.17) is 0 Å². The van der Waals surface area contributed by atoms with Gasteiger partial charge in [-0.05, 0) is 37.1 Å². The van der Waals surface area contributed by atoms with Crippen LogP contribution in [0, 0.1) is 13.8 Å². The lowest BCUT2D eigenvalue weighted by Gasteiger charge is -2.07. The maximum absolute atomic E-state index is 11.7. The topological polar surface area (TPSA) is 84.0 Å². The maximum Gasteiger partial charge on any atom is 0.315 e. The number of amides is 2. The number of carbonyl (C=O) groups is 2. The smallest absolute Gasteiger partial charge is 0.302 e. The molecule has 0 aliphatic rings. The predicted octanol–water partition coefficient (Wildman–Crippen LogP) is 1.67. The van der Waals surface area contributed by atoms with Gasteiger partial charge in [0.05, 0.1) is 0 Å². The molecule has 0 radical (unpaired) electrons. The Morgan fingerprint density at radius 1 is 1.00 bits per heavy atom. The van der Waals surface area contributed by atoms with Gasteiger partial charge in [0.25, 0.3) is 0 Å². The van der Waals surface area contributed by atoms with Crippen molar-refractivity contribution in [1.29, 1.82) is 0 Å². The lowest BCUT2D eigenvalue weighted by Crippen LogP contribution is -2.30. The van der Waals surface area contributed by atoms with E-state index in [1.165, 1.54) is 0 Å². The molecular formula is C14H14N4O2. The second-order valence-electron chi connectivity index (χ2n) is 4.30. The van der Waals surface area contributed by atoms with Crippen molar-refractivity contribution < 1.29 is 9.59 Å². The SMILES string of the molecule is Cc1ccc(NC(=O)C(=O)Nc2ncccc2C)nc1. The van der Waals surface area contributed by atoms with Gasteiger partial charge in [0.2, 0.25) is 0 Å². The standard InChI is InChI=1S/C14H14N4O2/c1-9-5-6-11(16-8-9)17-13(19)14(20)18-12-10(2)4-3-7-15-12/h3-8H,1-2H3,(H,15,18,20)(H,16,17,19). The summed E-state index contributed by atoms with van der Waals surface area (Å²) >= 11 is 0. The maximum atomic E-state index is 11.7. The van der Waals surface area contributed by atoms with Crippen LogP contribution in [0.15, 0.2) is 36.7 Å². The van der Waals surface area contributed by atoms with E-state index in [1.807, 2.05) is 6.92 Å². The van der Waals surface area contributed by atoms with Crippen molar-refractivity contribution in [2.45, 2.75) is 13.8 Å². The van der Waals surface area contributed by atoms with Gasteiger partial charge in [-0.1, -0.05) is 12.1 Å². The number of rotatable bonds is 2. The minimum absolute atomic E-state index is 0.327. The van der Waals surface area contributed by atoms with E-state index >= 15 is 0 Å². The minimum Gasteiger partial charge on any atom is -0.302 e. The highest BCUT2D eigenvalue weighted by Crippen LogP contribution is 2.09. The summed E-state index contributed by atoms with van der Waals surface area (Å²) in [6.45, 7) is 3.68. The Labute approximate surface area is 116 Å². The Balaban J connectivity index is 2.01. The van der Waals surface area contributed by atoms with E-state index in [-0.39, 0.29) is 0 Å². The highest BCUT2D eigenvalue weighted by atomic mass is 16.2. The molecule has 0 bridgehead atoms. The Morgan fingerprint density at radius 3 is 2.40 bits per heavy atom. The molecule has 2 heterocycles. The number of aryl methyl sites for hydroxylation is 2. The number of aromatic nitrogens is 2. The van der Waals surface area contributed by atoms with Crippen molar-refractivity contribution >= 4 is 23.5 Å². The lowest BCUT2D eigenvalue weighted by atomic mass is 10.3. The largest absolute Gasteiger partial charge is 0.315 e. The molecule has 2 amide bonds. The number of nitrogens with zero attached hydrogens (tertiary/aromatic N) is 2. The number of hydrogen-bond acceptors (Lipinski definition) is 4. The summed E-state index contributed by atoms with van der Waals surface area (Å²) in [6.07, 6.45) is 3.15. The van der Waals surface area contributed by atoms with Crippen LogP contribution in [0.2, 0.25) is 0 Å². The lowest BCUT2D eigenvalue weighted by molar-refractivity contribution is -0.133. The third-order valence-electron chi connectivity index (χ3n) is 2.60. The van der Waals surface area contributed by atoms with E-state index in [2.05, 4.69) is 20.6 Å². The third-order valence-corrected chi connectivity index (χ3v) is 2.60. The molecular weight excluding hydrogens is 256 g/mol. The Morgan fingerprint density at radius 2 is 1.75 bits per heavy atom. The molecule has 2 rings (SSSR count). The molecule has 0 saturated carbocycles. The first-order chi connectivity index (χ1) is 9.56. The van der Waals surface area contributed by atoms with Gasteiger partial charge in [-0.15, -0.1) is 0 Å². The van der Waals surface area contributed by atoms with E-state index in [1.54, 1.807) is 43.6 Å². The van der Waals surface area contributed by atoms with Crippen molar-refractivity contribution in [3.05, 3.63) is 47.8 Å². The predicted molar refractivity (Wildman–Crippen MR) is 75.2 cm³/mol. The van der Waals surface area contributed by atoms with E-state index < -0.39 is 11.8 Å². The zero-order chi connectivity index (χ0) is 14.5. The fourth-order valence-electron chi connectivity index (χ4n) is 1.50. The van der Waals surface area contributed by atoms with Gasteiger partial charge in [-0.25, -0.2) is 9.97 Å². The van der Waals surface area contributed by atoms with Gasteiger partial charge in [-0.2, -0.15) is 0 Å². The molecule has 0 fully saturated rings. The first-order valence-corrected chi connectivity index (χ1v) is 6.03. The van der Waals surface area contributed by atoms with Crippen LogP contribution in [0.1, 0.15) is 11.1 Å². The van der Waals surface area contributed by atoms with Gasteiger partial charge < -0.3 is 10.6 Å². The van der Waals surface area contributed by atoms with Crippen molar-refractivity contribution in [3.63, 3.8) is 0 Å². The molecule has 0 spiro atoms. The van der Waals surface area contributed by atoms with E-state index in [0.717, 1.165) is 11.1 Å². The molecule has 0 aromatic carbocycles. The molecule has 0 unspecified atom stereocenters. The van der Waals surface area contributed by atoms with E-state index in [0.29, 0.717) is 11.6 Å². The van der Waals surface area contributed by atoms with Gasteiger partial charge in [-0.3, -0.25) is 9.59 Å². The summed E-state index contributed by atoms with van der Waals surface area (Å²) in [5, 5.41) is 4.87. The molecule has 102 valence electrons. The molecule has 6 nitrogen and oxygen atoms in total. The van der Waals surface area contributed by atoms with Crippen LogP contribution in [-0.4, -0.2) is 21.8 Å². The van der Waals surface area contributed by atoms with Gasteiger partial charge >= 0.3 is 11.8 Å². The molecule has 2 N–H and O–H groups in total. The quantitative estimate of drug-likeness (QED) is 0.813.